The summed E-state index contributed by atoms with van der Waals surface area (Å²) < 4.78 is 0. The minimum absolute atomic E-state index is 0. The lowest BCUT2D eigenvalue weighted by atomic mass is 10.2. The predicted octanol–water partition coefficient (Wildman–Crippen LogP) is -0.442. The van der Waals surface area contributed by atoms with Gasteiger partial charge in [0.1, 0.15) is 0 Å². The van der Waals surface area contributed by atoms with Gasteiger partial charge in [-0.1, -0.05) is 18.2 Å². The van der Waals surface area contributed by atoms with Crippen LogP contribution in [0.3, 0.4) is 0 Å². The van der Waals surface area contributed by atoms with Crippen molar-refractivity contribution in [2.24, 2.45) is 5.73 Å². The van der Waals surface area contributed by atoms with Gasteiger partial charge in [-0.25, -0.2) is 0 Å². The van der Waals surface area contributed by atoms with Gasteiger partial charge in [-0.2, -0.15) is 0 Å². The highest BCUT2D eigenvalue weighted by Gasteiger charge is 1.93. The Hall–Kier alpha value is -1.10. The fourth-order valence-electron chi connectivity index (χ4n) is 0.602. The summed E-state index contributed by atoms with van der Waals surface area (Å²) >= 11 is 0. The third kappa shape index (κ3) is 4.68. The van der Waals surface area contributed by atoms with Crippen molar-refractivity contribution >= 4 is 18.3 Å². The summed E-state index contributed by atoms with van der Waals surface area (Å²) in [5, 5.41) is 0. The van der Waals surface area contributed by atoms with E-state index in [0.717, 1.165) is 0 Å². The van der Waals surface area contributed by atoms with E-state index >= 15 is 0 Å². The van der Waals surface area contributed by atoms with Gasteiger partial charge in [0.15, 0.2) is 0 Å². The first kappa shape index (κ1) is 17.1. The van der Waals surface area contributed by atoms with Crippen LogP contribution in [0.15, 0.2) is 30.3 Å². The molecule has 0 fully saturated rings. The fourth-order valence-corrected chi connectivity index (χ4v) is 0.602. The predicted molar refractivity (Wildman–Crippen MR) is 49.4 cm³/mol. The average Bonchev–Trinajstić information content (AvgIpc) is 1.90. The zero-order valence-corrected chi connectivity index (χ0v) is 7.10. The number of hydrogen-bond acceptors (Lipinski definition) is 1. The first-order valence-corrected chi connectivity index (χ1v) is 2.65. The molecule has 0 heterocycles. The molecule has 0 unspecified atom stereocenters. The Morgan fingerprint density at radius 2 is 1.50 bits per heavy atom. The van der Waals surface area contributed by atoms with Crippen LogP contribution in [0.2, 0.25) is 0 Å². The van der Waals surface area contributed by atoms with Gasteiger partial charge in [-0.05, 0) is 12.1 Å². The lowest BCUT2D eigenvalue weighted by Gasteiger charge is -1.89. The molecule has 6 N–H and O–H groups in total. The maximum absolute atomic E-state index is 10.4. The van der Waals surface area contributed by atoms with Crippen LogP contribution >= 0.6 is 12.4 Å². The molecule has 0 aliphatic carbocycles. The van der Waals surface area contributed by atoms with Crippen LogP contribution in [0.1, 0.15) is 10.4 Å². The number of hydrogen-bond donors (Lipinski definition) is 1. The Morgan fingerprint density at radius 3 is 1.75 bits per heavy atom. The summed E-state index contributed by atoms with van der Waals surface area (Å²) in [7, 11) is 0. The molecule has 0 bridgehead atoms. The standard InChI is InChI=1S/C7H7NO.ClH.2H2O/c8-7(9)6-4-2-1-3-5-6;;;/h1-5H,(H2,8,9);1H;2*1H2. The van der Waals surface area contributed by atoms with E-state index in [-0.39, 0.29) is 29.3 Å². The number of primary amides is 1. The van der Waals surface area contributed by atoms with Gasteiger partial charge in [-0.15, -0.1) is 12.4 Å². The van der Waals surface area contributed by atoms with E-state index < -0.39 is 0 Å². The lowest BCUT2D eigenvalue weighted by Crippen LogP contribution is -2.09. The summed E-state index contributed by atoms with van der Waals surface area (Å²) in [5.74, 6) is -0.379. The molecule has 0 saturated heterocycles. The zero-order chi connectivity index (χ0) is 6.69. The molecule has 0 radical (unpaired) electrons. The van der Waals surface area contributed by atoms with Gasteiger partial charge in [0.05, 0.1) is 0 Å². The largest absolute Gasteiger partial charge is 0.412 e. The highest BCUT2D eigenvalue weighted by Crippen LogP contribution is 1.94. The molecule has 5 heteroatoms. The third-order valence-corrected chi connectivity index (χ3v) is 1.06. The number of halogens is 1. The number of rotatable bonds is 1. The molecule has 0 atom stereocenters. The second kappa shape index (κ2) is 8.00. The van der Waals surface area contributed by atoms with Gasteiger partial charge >= 0.3 is 0 Å². The van der Waals surface area contributed by atoms with E-state index in [0.29, 0.717) is 5.56 Å². The normalized spacial score (nSPS) is 6.67. The van der Waals surface area contributed by atoms with Gasteiger partial charge < -0.3 is 16.7 Å². The van der Waals surface area contributed by atoms with E-state index in [2.05, 4.69) is 0 Å². The van der Waals surface area contributed by atoms with E-state index in [1.54, 1.807) is 24.3 Å². The smallest absolute Gasteiger partial charge is 0.248 e. The second-order valence-electron chi connectivity index (χ2n) is 1.73. The SMILES string of the molecule is Cl.NC(=O)c1ccccc1.O.O. The molecule has 0 aliphatic rings. The molecule has 1 aromatic carbocycles. The lowest BCUT2D eigenvalue weighted by molar-refractivity contribution is 0.100. The number of carbonyl (C=O) groups is 1. The van der Waals surface area contributed by atoms with E-state index in [1.165, 1.54) is 0 Å². The van der Waals surface area contributed by atoms with E-state index in [1.807, 2.05) is 6.07 Å². The summed E-state index contributed by atoms with van der Waals surface area (Å²) in [6.07, 6.45) is 0. The molecule has 1 aromatic rings. The van der Waals surface area contributed by atoms with Crippen molar-refractivity contribution in [3.8, 4) is 0 Å². The van der Waals surface area contributed by atoms with Gasteiger partial charge in [-0.3, -0.25) is 4.79 Å². The highest BCUT2D eigenvalue weighted by molar-refractivity contribution is 5.92. The number of amides is 1. The molecular formula is C7H12ClNO3. The zero-order valence-electron chi connectivity index (χ0n) is 6.28. The molecule has 70 valence electrons. The molecule has 0 spiro atoms. The minimum atomic E-state index is -0.379. The Morgan fingerprint density at radius 1 is 1.08 bits per heavy atom. The number of nitrogens with two attached hydrogens (primary N) is 1. The Kier molecular flexibility index (Phi) is 11.4. The minimum Gasteiger partial charge on any atom is -0.412 e. The maximum Gasteiger partial charge on any atom is 0.248 e. The van der Waals surface area contributed by atoms with Gasteiger partial charge in [0.25, 0.3) is 0 Å². The monoisotopic (exact) mass is 193 g/mol. The highest BCUT2D eigenvalue weighted by atomic mass is 35.5. The van der Waals surface area contributed by atoms with Crippen LogP contribution in [0.4, 0.5) is 0 Å². The quantitative estimate of drug-likeness (QED) is 0.641. The van der Waals surface area contributed by atoms with Crippen LogP contribution in [0.25, 0.3) is 0 Å². The number of benzene rings is 1. The molecule has 0 aliphatic heterocycles. The van der Waals surface area contributed by atoms with Crippen molar-refractivity contribution in [3.63, 3.8) is 0 Å². The Bertz CT molecular complexity index is 215. The van der Waals surface area contributed by atoms with Crippen molar-refractivity contribution in [1.29, 1.82) is 0 Å². The van der Waals surface area contributed by atoms with Gasteiger partial charge in [0, 0.05) is 5.56 Å². The van der Waals surface area contributed by atoms with E-state index in [9.17, 15) is 4.79 Å². The molecule has 1 amide bonds. The molecule has 12 heavy (non-hydrogen) atoms. The van der Waals surface area contributed by atoms with Crippen LogP contribution in [-0.4, -0.2) is 16.9 Å². The average molecular weight is 194 g/mol. The fraction of sp³-hybridized carbons (Fsp3) is 0. The van der Waals surface area contributed by atoms with Crippen molar-refractivity contribution in [1.82, 2.24) is 0 Å². The van der Waals surface area contributed by atoms with Crippen molar-refractivity contribution in [2.75, 3.05) is 0 Å². The Balaban J connectivity index is -0.000000270. The number of carbonyl (C=O) groups excluding carboxylic acids is 1. The van der Waals surface area contributed by atoms with Crippen LogP contribution in [-0.2, 0) is 0 Å². The summed E-state index contributed by atoms with van der Waals surface area (Å²) in [6.45, 7) is 0. The topological polar surface area (TPSA) is 106 Å². The second-order valence-corrected chi connectivity index (χ2v) is 1.73. The summed E-state index contributed by atoms with van der Waals surface area (Å²) in [4.78, 5) is 10.4. The first-order valence-electron chi connectivity index (χ1n) is 2.65. The van der Waals surface area contributed by atoms with Crippen LogP contribution in [0, 0.1) is 0 Å². The molecular weight excluding hydrogens is 182 g/mol. The van der Waals surface area contributed by atoms with Crippen LogP contribution < -0.4 is 5.73 Å². The molecule has 4 nitrogen and oxygen atoms in total. The molecule has 1 rings (SSSR count). The van der Waals surface area contributed by atoms with Gasteiger partial charge in [0.2, 0.25) is 5.91 Å². The van der Waals surface area contributed by atoms with Crippen molar-refractivity contribution < 1.29 is 15.7 Å². The van der Waals surface area contributed by atoms with Crippen LogP contribution in [0.5, 0.6) is 0 Å². The third-order valence-electron chi connectivity index (χ3n) is 1.06. The molecule has 0 aromatic heterocycles. The van der Waals surface area contributed by atoms with E-state index in [4.69, 9.17) is 5.73 Å². The van der Waals surface area contributed by atoms with Crippen molar-refractivity contribution in [2.45, 2.75) is 0 Å². The Labute approximate surface area is 76.4 Å². The first-order chi connectivity index (χ1) is 4.30. The maximum atomic E-state index is 10.4. The van der Waals surface area contributed by atoms with Crippen molar-refractivity contribution in [3.05, 3.63) is 35.9 Å². The summed E-state index contributed by atoms with van der Waals surface area (Å²) in [6, 6.07) is 8.76. The molecule has 0 saturated carbocycles. The summed E-state index contributed by atoms with van der Waals surface area (Å²) in [5.41, 5.74) is 5.53.